The van der Waals surface area contributed by atoms with Crippen molar-refractivity contribution >= 4 is 11.8 Å². The first-order chi connectivity index (χ1) is 11.8. The standard InChI is InChI=1S/C20H31N3O2/c1-14(2)12-18(20(25)23-10-8-22(5)9-11-23)21-19(24)17-7-6-15(3)16(4)13-17/h6-7,13-14,18H,8-12H2,1-5H3,(H,21,24)/t18-/m0/s1. The predicted octanol–water partition coefficient (Wildman–Crippen LogP) is 2.22. The third-order valence-electron chi connectivity index (χ3n) is 4.89. The van der Waals surface area contributed by atoms with Crippen molar-refractivity contribution in [2.75, 3.05) is 33.2 Å². The molecular formula is C20H31N3O2. The Bertz CT molecular complexity index is 619. The van der Waals surface area contributed by atoms with E-state index in [1.807, 2.05) is 36.9 Å². The van der Waals surface area contributed by atoms with Crippen LogP contribution in [0.15, 0.2) is 18.2 Å². The summed E-state index contributed by atoms with van der Waals surface area (Å²) >= 11 is 0. The Labute approximate surface area is 151 Å². The fraction of sp³-hybridized carbons (Fsp3) is 0.600. The monoisotopic (exact) mass is 345 g/mol. The zero-order valence-corrected chi connectivity index (χ0v) is 16.1. The lowest BCUT2D eigenvalue weighted by molar-refractivity contribution is -0.135. The maximum absolute atomic E-state index is 12.9. The number of hydrogen-bond donors (Lipinski definition) is 1. The van der Waals surface area contributed by atoms with E-state index in [9.17, 15) is 9.59 Å². The van der Waals surface area contributed by atoms with Gasteiger partial charge in [0, 0.05) is 31.7 Å². The molecule has 5 heteroatoms. The van der Waals surface area contributed by atoms with Crippen molar-refractivity contribution in [3.05, 3.63) is 34.9 Å². The molecule has 0 radical (unpaired) electrons. The van der Waals surface area contributed by atoms with Crippen molar-refractivity contribution in [3.8, 4) is 0 Å². The van der Waals surface area contributed by atoms with E-state index in [1.54, 1.807) is 0 Å². The highest BCUT2D eigenvalue weighted by molar-refractivity contribution is 5.97. The Hall–Kier alpha value is -1.88. The summed E-state index contributed by atoms with van der Waals surface area (Å²) in [6, 6.07) is 5.20. The fourth-order valence-corrected chi connectivity index (χ4v) is 3.06. The lowest BCUT2D eigenvalue weighted by atomic mass is 10.0. The average Bonchev–Trinajstić information content (AvgIpc) is 2.56. The molecule has 2 rings (SSSR count). The van der Waals surface area contributed by atoms with Gasteiger partial charge in [-0.25, -0.2) is 0 Å². The van der Waals surface area contributed by atoms with Gasteiger partial charge in [-0.2, -0.15) is 0 Å². The molecule has 1 aromatic rings. The number of aryl methyl sites for hydroxylation is 2. The van der Waals surface area contributed by atoms with Crippen molar-refractivity contribution < 1.29 is 9.59 Å². The molecule has 0 saturated carbocycles. The van der Waals surface area contributed by atoms with E-state index < -0.39 is 6.04 Å². The van der Waals surface area contributed by atoms with Crippen LogP contribution in [0.3, 0.4) is 0 Å². The fourth-order valence-electron chi connectivity index (χ4n) is 3.06. The summed E-state index contributed by atoms with van der Waals surface area (Å²) < 4.78 is 0. The first kappa shape index (κ1) is 19.4. The summed E-state index contributed by atoms with van der Waals surface area (Å²) in [6.07, 6.45) is 0.655. The van der Waals surface area contributed by atoms with Gasteiger partial charge in [0.1, 0.15) is 6.04 Å². The van der Waals surface area contributed by atoms with Gasteiger partial charge in [0.25, 0.3) is 5.91 Å². The number of carbonyl (C=O) groups excluding carboxylic acids is 2. The smallest absolute Gasteiger partial charge is 0.251 e. The zero-order valence-electron chi connectivity index (χ0n) is 16.1. The Morgan fingerprint density at radius 1 is 1.08 bits per heavy atom. The molecule has 1 aliphatic heterocycles. The average molecular weight is 345 g/mol. The minimum atomic E-state index is -0.461. The molecule has 5 nitrogen and oxygen atoms in total. The van der Waals surface area contributed by atoms with Crippen LogP contribution in [0.4, 0.5) is 0 Å². The molecule has 0 aliphatic carbocycles. The van der Waals surface area contributed by atoms with Crippen LogP contribution in [0, 0.1) is 19.8 Å². The third kappa shape index (κ3) is 5.30. The van der Waals surface area contributed by atoms with E-state index in [-0.39, 0.29) is 11.8 Å². The van der Waals surface area contributed by atoms with E-state index in [4.69, 9.17) is 0 Å². The van der Waals surface area contributed by atoms with Crippen LogP contribution in [-0.2, 0) is 4.79 Å². The maximum Gasteiger partial charge on any atom is 0.251 e. The van der Waals surface area contributed by atoms with Crippen LogP contribution in [-0.4, -0.2) is 60.9 Å². The first-order valence-electron chi connectivity index (χ1n) is 9.13. The number of amides is 2. The number of likely N-dealkylation sites (N-methyl/N-ethyl adjacent to an activating group) is 1. The van der Waals surface area contributed by atoms with Gasteiger partial charge < -0.3 is 15.1 Å². The van der Waals surface area contributed by atoms with Crippen LogP contribution in [0.25, 0.3) is 0 Å². The molecule has 1 heterocycles. The van der Waals surface area contributed by atoms with Gasteiger partial charge in [0.15, 0.2) is 0 Å². The lowest BCUT2D eigenvalue weighted by Crippen LogP contribution is -2.54. The zero-order chi connectivity index (χ0) is 18.6. The number of benzene rings is 1. The van der Waals surface area contributed by atoms with Crippen LogP contribution in [0.1, 0.15) is 41.8 Å². The van der Waals surface area contributed by atoms with E-state index in [2.05, 4.69) is 31.1 Å². The molecule has 1 saturated heterocycles. The number of nitrogens with one attached hydrogen (secondary N) is 1. The Morgan fingerprint density at radius 2 is 1.72 bits per heavy atom. The molecule has 2 amide bonds. The summed E-state index contributed by atoms with van der Waals surface area (Å²) in [4.78, 5) is 29.7. The molecule has 138 valence electrons. The van der Waals surface area contributed by atoms with Gasteiger partial charge in [-0.1, -0.05) is 19.9 Å². The Kier molecular flexibility index (Phi) is 6.59. The number of carbonyl (C=O) groups is 2. The second-order valence-corrected chi connectivity index (χ2v) is 7.58. The van der Waals surface area contributed by atoms with E-state index in [0.29, 0.717) is 17.9 Å². The molecule has 1 aromatic carbocycles. The van der Waals surface area contributed by atoms with Crippen molar-refractivity contribution in [1.29, 1.82) is 0 Å². The first-order valence-corrected chi connectivity index (χ1v) is 9.13. The van der Waals surface area contributed by atoms with Crippen LogP contribution >= 0.6 is 0 Å². The summed E-state index contributed by atoms with van der Waals surface area (Å²) in [5.41, 5.74) is 2.85. The van der Waals surface area contributed by atoms with Gasteiger partial charge in [-0.15, -0.1) is 0 Å². The molecule has 25 heavy (non-hydrogen) atoms. The molecule has 1 aliphatic rings. The van der Waals surface area contributed by atoms with Crippen LogP contribution in [0.5, 0.6) is 0 Å². The second-order valence-electron chi connectivity index (χ2n) is 7.58. The number of rotatable bonds is 5. The van der Waals surface area contributed by atoms with Gasteiger partial charge in [0.05, 0.1) is 0 Å². The van der Waals surface area contributed by atoms with Crippen molar-refractivity contribution in [3.63, 3.8) is 0 Å². The lowest BCUT2D eigenvalue weighted by Gasteiger charge is -2.35. The summed E-state index contributed by atoms with van der Waals surface area (Å²) in [5, 5.41) is 2.98. The molecule has 1 fully saturated rings. The normalized spacial score (nSPS) is 16.8. The van der Waals surface area contributed by atoms with E-state index >= 15 is 0 Å². The summed E-state index contributed by atoms with van der Waals surface area (Å²) in [7, 11) is 2.06. The van der Waals surface area contributed by atoms with Crippen LogP contribution < -0.4 is 5.32 Å². The number of hydrogen-bond acceptors (Lipinski definition) is 3. The van der Waals surface area contributed by atoms with Crippen LogP contribution in [0.2, 0.25) is 0 Å². The molecule has 1 N–H and O–H groups in total. The van der Waals surface area contributed by atoms with E-state index in [1.165, 1.54) is 0 Å². The Morgan fingerprint density at radius 3 is 2.28 bits per heavy atom. The molecule has 0 spiro atoms. The molecule has 1 atom stereocenters. The van der Waals surface area contributed by atoms with Gasteiger partial charge in [-0.3, -0.25) is 9.59 Å². The topological polar surface area (TPSA) is 52.7 Å². The minimum Gasteiger partial charge on any atom is -0.340 e. The molecular weight excluding hydrogens is 314 g/mol. The quantitative estimate of drug-likeness (QED) is 0.890. The highest BCUT2D eigenvalue weighted by atomic mass is 16.2. The second kappa shape index (κ2) is 8.48. The maximum atomic E-state index is 12.9. The molecule has 0 unspecified atom stereocenters. The largest absolute Gasteiger partial charge is 0.340 e. The van der Waals surface area contributed by atoms with Gasteiger partial charge >= 0.3 is 0 Å². The van der Waals surface area contributed by atoms with Gasteiger partial charge in [-0.05, 0) is 56.5 Å². The molecule has 0 bridgehead atoms. The number of nitrogens with zero attached hydrogens (tertiary/aromatic N) is 2. The third-order valence-corrected chi connectivity index (χ3v) is 4.89. The summed E-state index contributed by atoms with van der Waals surface area (Å²) in [5.74, 6) is 0.205. The minimum absolute atomic E-state index is 0.0407. The Balaban J connectivity index is 2.09. The van der Waals surface area contributed by atoms with E-state index in [0.717, 1.165) is 37.3 Å². The number of piperazine rings is 1. The molecule has 0 aromatic heterocycles. The van der Waals surface area contributed by atoms with Crippen molar-refractivity contribution in [2.45, 2.75) is 40.2 Å². The highest BCUT2D eigenvalue weighted by Gasteiger charge is 2.28. The van der Waals surface area contributed by atoms with Gasteiger partial charge in [0.2, 0.25) is 5.91 Å². The SMILES string of the molecule is Cc1ccc(C(=O)N[C@@H](CC(C)C)C(=O)N2CCN(C)CC2)cc1C. The summed E-state index contributed by atoms with van der Waals surface area (Å²) in [6.45, 7) is 11.4. The highest BCUT2D eigenvalue weighted by Crippen LogP contribution is 2.13. The van der Waals surface area contributed by atoms with Crippen molar-refractivity contribution in [2.24, 2.45) is 5.92 Å². The van der Waals surface area contributed by atoms with Crippen molar-refractivity contribution in [1.82, 2.24) is 15.1 Å². The predicted molar refractivity (Wildman–Crippen MR) is 101 cm³/mol.